The molecule has 0 aliphatic carbocycles. The molecule has 0 spiro atoms. The minimum atomic E-state index is -0.826. The van der Waals surface area contributed by atoms with Gasteiger partial charge in [0.1, 0.15) is 0 Å². The summed E-state index contributed by atoms with van der Waals surface area (Å²) in [6.45, 7) is 6.12. The standard InChI is InChI=1S/C13H21NOS/c1-4-11(3)16(15)9-13(14)12-7-5-10(2)6-8-12/h5-8,11,13H,4,9,14H2,1-3H3. The van der Waals surface area contributed by atoms with Gasteiger partial charge in [-0.15, -0.1) is 0 Å². The lowest BCUT2D eigenvalue weighted by Gasteiger charge is -2.15. The molecule has 16 heavy (non-hydrogen) atoms. The van der Waals surface area contributed by atoms with Crippen molar-refractivity contribution >= 4 is 10.8 Å². The van der Waals surface area contributed by atoms with Gasteiger partial charge in [0.15, 0.2) is 0 Å². The van der Waals surface area contributed by atoms with Crippen LogP contribution in [0.1, 0.15) is 37.4 Å². The van der Waals surface area contributed by atoms with Crippen LogP contribution in [-0.2, 0) is 10.8 Å². The summed E-state index contributed by atoms with van der Waals surface area (Å²) in [5.41, 5.74) is 8.34. The summed E-state index contributed by atoms with van der Waals surface area (Å²) in [5.74, 6) is 0.554. The number of hydrogen-bond acceptors (Lipinski definition) is 2. The normalized spacial score (nSPS) is 16.8. The van der Waals surface area contributed by atoms with Gasteiger partial charge in [-0.1, -0.05) is 43.7 Å². The fourth-order valence-corrected chi connectivity index (χ4v) is 2.68. The molecule has 0 aliphatic rings. The molecule has 0 aromatic heterocycles. The Labute approximate surface area is 101 Å². The van der Waals surface area contributed by atoms with Crippen LogP contribution in [0.25, 0.3) is 0 Å². The second kappa shape index (κ2) is 6.16. The molecule has 0 fully saturated rings. The molecule has 0 saturated carbocycles. The first-order valence-electron chi connectivity index (χ1n) is 5.74. The third kappa shape index (κ3) is 3.72. The van der Waals surface area contributed by atoms with Crippen molar-refractivity contribution in [3.05, 3.63) is 35.4 Å². The lowest BCUT2D eigenvalue weighted by Crippen LogP contribution is -2.23. The molecule has 3 atom stereocenters. The summed E-state index contributed by atoms with van der Waals surface area (Å²) in [5, 5.41) is 0.233. The SMILES string of the molecule is CCC(C)S(=O)CC(N)c1ccc(C)cc1. The Morgan fingerprint density at radius 3 is 2.38 bits per heavy atom. The van der Waals surface area contributed by atoms with Crippen molar-refractivity contribution in [1.29, 1.82) is 0 Å². The Balaban J connectivity index is 2.62. The zero-order chi connectivity index (χ0) is 12.1. The van der Waals surface area contributed by atoms with Crippen molar-refractivity contribution in [1.82, 2.24) is 0 Å². The van der Waals surface area contributed by atoms with E-state index in [1.165, 1.54) is 5.56 Å². The highest BCUT2D eigenvalue weighted by Gasteiger charge is 2.14. The summed E-state index contributed by atoms with van der Waals surface area (Å²) in [6.07, 6.45) is 0.938. The van der Waals surface area contributed by atoms with Gasteiger partial charge in [0.25, 0.3) is 0 Å². The molecule has 2 N–H and O–H groups in total. The molecule has 90 valence electrons. The molecule has 1 aromatic rings. The lowest BCUT2D eigenvalue weighted by molar-refractivity contribution is 0.662. The van der Waals surface area contributed by atoms with E-state index in [1.807, 2.05) is 38.1 Å². The van der Waals surface area contributed by atoms with E-state index in [9.17, 15) is 4.21 Å². The molecule has 0 aliphatic heterocycles. The van der Waals surface area contributed by atoms with E-state index in [1.54, 1.807) is 0 Å². The van der Waals surface area contributed by atoms with Crippen molar-refractivity contribution in [2.45, 2.75) is 38.5 Å². The van der Waals surface area contributed by atoms with Crippen LogP contribution in [-0.4, -0.2) is 15.2 Å². The van der Waals surface area contributed by atoms with Gasteiger partial charge in [-0.05, 0) is 18.9 Å². The zero-order valence-corrected chi connectivity index (χ0v) is 11.1. The first kappa shape index (κ1) is 13.4. The molecule has 1 aromatic carbocycles. The van der Waals surface area contributed by atoms with Gasteiger partial charge in [0.05, 0.1) is 0 Å². The van der Waals surface area contributed by atoms with E-state index in [2.05, 4.69) is 6.92 Å². The topological polar surface area (TPSA) is 43.1 Å². The maximum absolute atomic E-state index is 11.9. The van der Waals surface area contributed by atoms with Crippen LogP contribution in [0.4, 0.5) is 0 Å². The van der Waals surface area contributed by atoms with E-state index in [0.29, 0.717) is 5.75 Å². The zero-order valence-electron chi connectivity index (χ0n) is 10.3. The minimum absolute atomic E-state index is 0.115. The van der Waals surface area contributed by atoms with Crippen LogP contribution in [0.15, 0.2) is 24.3 Å². The highest BCUT2D eigenvalue weighted by molar-refractivity contribution is 7.85. The van der Waals surface area contributed by atoms with Crippen LogP contribution in [0.3, 0.4) is 0 Å². The van der Waals surface area contributed by atoms with E-state index in [4.69, 9.17) is 5.73 Å². The van der Waals surface area contributed by atoms with Gasteiger partial charge >= 0.3 is 0 Å². The third-order valence-corrected chi connectivity index (χ3v) is 4.79. The van der Waals surface area contributed by atoms with Crippen LogP contribution in [0, 0.1) is 6.92 Å². The maximum Gasteiger partial charge on any atom is 0.0431 e. The van der Waals surface area contributed by atoms with Crippen LogP contribution >= 0.6 is 0 Å². The molecular formula is C13H21NOS. The van der Waals surface area contributed by atoms with Crippen molar-refractivity contribution in [3.63, 3.8) is 0 Å². The second-order valence-corrected chi connectivity index (χ2v) is 6.18. The molecule has 3 unspecified atom stereocenters. The third-order valence-electron chi connectivity index (χ3n) is 2.87. The molecular weight excluding hydrogens is 218 g/mol. The monoisotopic (exact) mass is 239 g/mol. The summed E-state index contributed by atoms with van der Waals surface area (Å²) in [4.78, 5) is 0. The van der Waals surface area contributed by atoms with Gasteiger partial charge in [-0.2, -0.15) is 0 Å². The second-order valence-electron chi connectivity index (χ2n) is 4.28. The molecule has 1 rings (SSSR count). The Bertz CT molecular complexity index is 347. The highest BCUT2D eigenvalue weighted by atomic mass is 32.2. The van der Waals surface area contributed by atoms with E-state index < -0.39 is 10.8 Å². The maximum atomic E-state index is 11.9. The number of nitrogens with two attached hydrogens (primary N) is 1. The molecule has 3 heteroatoms. The first-order valence-corrected chi connectivity index (χ1v) is 7.12. The van der Waals surface area contributed by atoms with Gasteiger partial charge < -0.3 is 5.73 Å². The van der Waals surface area contributed by atoms with Crippen LogP contribution in [0.2, 0.25) is 0 Å². The van der Waals surface area contributed by atoms with E-state index >= 15 is 0 Å². The molecule has 0 amide bonds. The average Bonchev–Trinajstić information content (AvgIpc) is 2.28. The average molecular weight is 239 g/mol. The van der Waals surface area contributed by atoms with Crippen molar-refractivity contribution in [3.8, 4) is 0 Å². The quantitative estimate of drug-likeness (QED) is 0.858. The smallest absolute Gasteiger partial charge is 0.0431 e. The Kier molecular flexibility index (Phi) is 5.16. The number of hydrogen-bond donors (Lipinski definition) is 1. The van der Waals surface area contributed by atoms with Crippen molar-refractivity contribution in [2.24, 2.45) is 5.73 Å². The van der Waals surface area contributed by atoms with E-state index in [-0.39, 0.29) is 11.3 Å². The summed E-state index contributed by atoms with van der Waals surface area (Å²) >= 11 is 0. The fourth-order valence-electron chi connectivity index (χ4n) is 1.44. The minimum Gasteiger partial charge on any atom is -0.323 e. The molecule has 0 heterocycles. The van der Waals surface area contributed by atoms with Crippen molar-refractivity contribution in [2.75, 3.05) is 5.75 Å². The number of benzene rings is 1. The lowest BCUT2D eigenvalue weighted by atomic mass is 10.1. The first-order chi connectivity index (χ1) is 7.54. The summed E-state index contributed by atoms with van der Waals surface area (Å²) in [6, 6.07) is 8.01. The summed E-state index contributed by atoms with van der Waals surface area (Å²) in [7, 11) is -0.826. The Morgan fingerprint density at radius 2 is 1.88 bits per heavy atom. The van der Waals surface area contributed by atoms with E-state index in [0.717, 1.165) is 12.0 Å². The fraction of sp³-hybridized carbons (Fsp3) is 0.538. The van der Waals surface area contributed by atoms with Gasteiger partial charge in [-0.25, -0.2) is 0 Å². The predicted octanol–water partition coefficient (Wildman–Crippen LogP) is 2.54. The molecule has 0 saturated heterocycles. The summed E-state index contributed by atoms with van der Waals surface area (Å²) < 4.78 is 11.9. The molecule has 0 bridgehead atoms. The Morgan fingerprint density at radius 1 is 1.31 bits per heavy atom. The van der Waals surface area contributed by atoms with Gasteiger partial charge in [0, 0.05) is 27.8 Å². The largest absolute Gasteiger partial charge is 0.323 e. The molecule has 2 nitrogen and oxygen atoms in total. The highest BCUT2D eigenvalue weighted by Crippen LogP contribution is 2.14. The van der Waals surface area contributed by atoms with Crippen LogP contribution in [0.5, 0.6) is 0 Å². The van der Waals surface area contributed by atoms with Crippen molar-refractivity contribution < 1.29 is 4.21 Å². The molecule has 0 radical (unpaired) electrons. The number of rotatable bonds is 5. The van der Waals surface area contributed by atoms with Gasteiger partial charge in [0.2, 0.25) is 0 Å². The van der Waals surface area contributed by atoms with Crippen LogP contribution < -0.4 is 5.73 Å². The predicted molar refractivity (Wildman–Crippen MR) is 70.9 cm³/mol. The number of aryl methyl sites for hydroxylation is 1. The van der Waals surface area contributed by atoms with Gasteiger partial charge in [-0.3, -0.25) is 4.21 Å². The Hall–Kier alpha value is -0.670.